The fourth-order valence-corrected chi connectivity index (χ4v) is 2.18. The Bertz CT molecular complexity index is 295. The van der Waals surface area contributed by atoms with Crippen molar-refractivity contribution in [1.82, 2.24) is 15.5 Å². The van der Waals surface area contributed by atoms with Crippen molar-refractivity contribution in [2.45, 2.75) is 38.8 Å². The van der Waals surface area contributed by atoms with Gasteiger partial charge < -0.3 is 10.6 Å². The Hall–Kier alpha value is -0.750. The van der Waals surface area contributed by atoms with Crippen molar-refractivity contribution in [3.05, 3.63) is 0 Å². The maximum Gasteiger partial charge on any atom is 0.243 e. The number of nitrogens with zero attached hydrogens (tertiary/aromatic N) is 1. The summed E-state index contributed by atoms with van der Waals surface area (Å²) >= 11 is 4.07. The van der Waals surface area contributed by atoms with Gasteiger partial charge in [-0.2, -0.15) is 12.6 Å². The molecule has 1 atom stereocenters. The molecule has 1 aliphatic carbocycles. The Morgan fingerprint density at radius 3 is 2.56 bits per heavy atom. The Balaban J connectivity index is 2.23. The Labute approximate surface area is 114 Å². The minimum Gasteiger partial charge on any atom is -0.353 e. The SMILES string of the molecule is CCN(CCNC(=O)C(CS)NC(C)=O)C1CC1. The summed E-state index contributed by atoms with van der Waals surface area (Å²) in [6.45, 7) is 6.03. The van der Waals surface area contributed by atoms with Gasteiger partial charge in [0.25, 0.3) is 0 Å². The number of amides is 2. The normalized spacial score (nSPS) is 16.4. The first-order valence-electron chi connectivity index (χ1n) is 6.48. The first-order chi connectivity index (χ1) is 8.58. The van der Waals surface area contributed by atoms with Crippen LogP contribution in [0.1, 0.15) is 26.7 Å². The minimum absolute atomic E-state index is 0.160. The van der Waals surface area contributed by atoms with E-state index in [1.54, 1.807) is 0 Å². The molecule has 104 valence electrons. The molecule has 2 amide bonds. The third kappa shape index (κ3) is 5.27. The molecule has 0 radical (unpaired) electrons. The zero-order chi connectivity index (χ0) is 13.5. The summed E-state index contributed by atoms with van der Waals surface area (Å²) in [5.41, 5.74) is 0. The van der Waals surface area contributed by atoms with Gasteiger partial charge in [0.05, 0.1) is 0 Å². The number of hydrogen-bond donors (Lipinski definition) is 3. The van der Waals surface area contributed by atoms with E-state index in [-0.39, 0.29) is 11.8 Å². The van der Waals surface area contributed by atoms with E-state index in [0.29, 0.717) is 18.3 Å². The Kier molecular flexibility index (Phi) is 6.49. The van der Waals surface area contributed by atoms with Gasteiger partial charge in [0.1, 0.15) is 6.04 Å². The topological polar surface area (TPSA) is 61.4 Å². The van der Waals surface area contributed by atoms with E-state index < -0.39 is 6.04 Å². The number of carbonyl (C=O) groups is 2. The summed E-state index contributed by atoms with van der Waals surface area (Å²) in [7, 11) is 0. The molecule has 1 unspecified atom stereocenters. The van der Waals surface area contributed by atoms with Gasteiger partial charge in [-0.1, -0.05) is 6.92 Å². The van der Waals surface area contributed by atoms with Crippen molar-refractivity contribution >= 4 is 24.4 Å². The number of hydrogen-bond acceptors (Lipinski definition) is 4. The van der Waals surface area contributed by atoms with Gasteiger partial charge in [0, 0.05) is 31.8 Å². The van der Waals surface area contributed by atoms with Crippen molar-refractivity contribution in [1.29, 1.82) is 0 Å². The average molecular weight is 273 g/mol. The van der Waals surface area contributed by atoms with Gasteiger partial charge in [-0.05, 0) is 19.4 Å². The molecule has 0 aromatic heterocycles. The number of thiol groups is 1. The summed E-state index contributed by atoms with van der Waals surface area (Å²) in [5, 5.41) is 5.42. The molecule has 1 fully saturated rings. The van der Waals surface area contributed by atoms with Crippen molar-refractivity contribution in [2.24, 2.45) is 0 Å². The molecular weight excluding hydrogens is 250 g/mol. The molecule has 0 bridgehead atoms. The van der Waals surface area contributed by atoms with E-state index in [9.17, 15) is 9.59 Å². The fraction of sp³-hybridized carbons (Fsp3) is 0.833. The van der Waals surface area contributed by atoms with E-state index in [0.717, 1.165) is 13.1 Å². The van der Waals surface area contributed by atoms with Crippen LogP contribution in [0.2, 0.25) is 0 Å². The standard InChI is InChI=1S/C12H23N3O2S/c1-3-15(10-4-5-10)7-6-13-12(17)11(8-18)14-9(2)16/h10-11,18H,3-8H2,1-2H3,(H,13,17)(H,14,16). The lowest BCUT2D eigenvalue weighted by Gasteiger charge is -2.21. The number of rotatable bonds is 8. The highest BCUT2D eigenvalue weighted by atomic mass is 32.1. The van der Waals surface area contributed by atoms with Gasteiger partial charge in [0.15, 0.2) is 0 Å². The second-order valence-corrected chi connectivity index (χ2v) is 4.95. The molecule has 6 heteroatoms. The highest BCUT2D eigenvalue weighted by Gasteiger charge is 2.27. The van der Waals surface area contributed by atoms with E-state index in [4.69, 9.17) is 0 Å². The van der Waals surface area contributed by atoms with Crippen molar-refractivity contribution in [3.8, 4) is 0 Å². The summed E-state index contributed by atoms with van der Waals surface area (Å²) in [5.74, 6) is -0.0599. The summed E-state index contributed by atoms with van der Waals surface area (Å²) in [6, 6.07) is 0.171. The fourth-order valence-electron chi connectivity index (χ4n) is 1.92. The van der Waals surface area contributed by atoms with Crippen LogP contribution in [-0.4, -0.2) is 54.2 Å². The molecule has 2 N–H and O–H groups in total. The molecule has 0 aliphatic heterocycles. The first kappa shape index (κ1) is 15.3. The maximum atomic E-state index is 11.8. The molecule has 0 spiro atoms. The van der Waals surface area contributed by atoms with Crippen LogP contribution in [0, 0.1) is 0 Å². The Morgan fingerprint density at radius 1 is 1.44 bits per heavy atom. The van der Waals surface area contributed by atoms with Crippen molar-refractivity contribution < 1.29 is 9.59 Å². The molecule has 5 nitrogen and oxygen atoms in total. The second kappa shape index (κ2) is 7.63. The molecule has 0 aromatic carbocycles. The highest BCUT2D eigenvalue weighted by Crippen LogP contribution is 2.25. The van der Waals surface area contributed by atoms with Crippen molar-refractivity contribution in [3.63, 3.8) is 0 Å². The van der Waals surface area contributed by atoms with Gasteiger partial charge in [0.2, 0.25) is 11.8 Å². The number of carbonyl (C=O) groups excluding carboxylic acids is 2. The zero-order valence-electron chi connectivity index (χ0n) is 11.1. The number of likely N-dealkylation sites (N-methyl/N-ethyl adjacent to an activating group) is 1. The van der Waals surface area contributed by atoms with Gasteiger partial charge in [-0.3, -0.25) is 14.5 Å². The van der Waals surface area contributed by atoms with Crippen LogP contribution in [0.25, 0.3) is 0 Å². The molecule has 0 aromatic rings. The highest BCUT2D eigenvalue weighted by molar-refractivity contribution is 7.80. The molecule has 18 heavy (non-hydrogen) atoms. The third-order valence-electron chi connectivity index (χ3n) is 3.04. The minimum atomic E-state index is -0.540. The quantitative estimate of drug-likeness (QED) is 0.547. The van der Waals surface area contributed by atoms with Crippen molar-refractivity contribution in [2.75, 3.05) is 25.4 Å². The smallest absolute Gasteiger partial charge is 0.243 e. The average Bonchev–Trinajstić information content (AvgIpc) is 3.15. The van der Waals surface area contributed by atoms with Crippen LogP contribution in [0.3, 0.4) is 0 Å². The lowest BCUT2D eigenvalue weighted by atomic mass is 10.3. The monoisotopic (exact) mass is 273 g/mol. The van der Waals surface area contributed by atoms with Crippen LogP contribution in [-0.2, 0) is 9.59 Å². The van der Waals surface area contributed by atoms with Gasteiger partial charge >= 0.3 is 0 Å². The molecule has 1 saturated carbocycles. The van der Waals surface area contributed by atoms with E-state index in [2.05, 4.69) is 35.1 Å². The lowest BCUT2D eigenvalue weighted by Crippen LogP contribution is -2.48. The Morgan fingerprint density at radius 2 is 2.11 bits per heavy atom. The molecule has 0 saturated heterocycles. The molecule has 1 aliphatic rings. The molecular formula is C12H23N3O2S. The van der Waals surface area contributed by atoms with Crippen LogP contribution < -0.4 is 10.6 Å². The molecule has 0 heterocycles. The van der Waals surface area contributed by atoms with Crippen LogP contribution in [0.4, 0.5) is 0 Å². The number of nitrogens with one attached hydrogen (secondary N) is 2. The molecule has 1 rings (SSSR count). The predicted octanol–water partition coefficient (Wildman–Crippen LogP) is 0.0214. The summed E-state index contributed by atoms with van der Waals surface area (Å²) in [6.07, 6.45) is 2.54. The zero-order valence-corrected chi connectivity index (χ0v) is 12.0. The van der Waals surface area contributed by atoms with Gasteiger partial charge in [-0.25, -0.2) is 0 Å². The van der Waals surface area contributed by atoms with Crippen LogP contribution >= 0.6 is 12.6 Å². The summed E-state index contributed by atoms with van der Waals surface area (Å²) < 4.78 is 0. The largest absolute Gasteiger partial charge is 0.353 e. The second-order valence-electron chi connectivity index (χ2n) is 4.59. The van der Waals surface area contributed by atoms with E-state index >= 15 is 0 Å². The summed E-state index contributed by atoms with van der Waals surface area (Å²) in [4.78, 5) is 25.1. The predicted molar refractivity (Wildman–Crippen MR) is 74.7 cm³/mol. The van der Waals surface area contributed by atoms with Crippen LogP contribution in [0.5, 0.6) is 0 Å². The maximum absolute atomic E-state index is 11.8. The van der Waals surface area contributed by atoms with Crippen LogP contribution in [0.15, 0.2) is 0 Å². The van der Waals surface area contributed by atoms with Gasteiger partial charge in [-0.15, -0.1) is 0 Å². The lowest BCUT2D eigenvalue weighted by molar-refractivity contribution is -0.127. The van der Waals surface area contributed by atoms with E-state index in [1.807, 2.05) is 0 Å². The van der Waals surface area contributed by atoms with E-state index in [1.165, 1.54) is 19.8 Å². The first-order valence-corrected chi connectivity index (χ1v) is 7.11. The third-order valence-corrected chi connectivity index (χ3v) is 3.41.